The van der Waals surface area contributed by atoms with E-state index in [0.717, 1.165) is 16.5 Å². The monoisotopic (exact) mass is 250 g/mol. The van der Waals surface area contributed by atoms with Crippen molar-refractivity contribution in [3.05, 3.63) is 52.4 Å². The molecule has 0 aliphatic carbocycles. The molecule has 0 saturated heterocycles. The van der Waals surface area contributed by atoms with Crippen molar-refractivity contribution in [3.8, 4) is 0 Å². The van der Waals surface area contributed by atoms with Crippen LogP contribution in [0.15, 0.2) is 35.5 Å². The second-order valence-corrected chi connectivity index (χ2v) is 3.13. The lowest BCUT2D eigenvalue weighted by Crippen LogP contribution is -1.86. The van der Waals surface area contributed by atoms with Crippen molar-refractivity contribution in [2.75, 3.05) is 11.9 Å². The van der Waals surface area contributed by atoms with Crippen LogP contribution in [0.1, 0.15) is 5.56 Å². The summed E-state index contributed by atoms with van der Waals surface area (Å²) >= 11 is 3.39. The van der Waals surface area contributed by atoms with Gasteiger partial charge in [0.15, 0.2) is 0 Å². The first kappa shape index (κ1) is 10.8. The third kappa shape index (κ3) is 3.24. The van der Waals surface area contributed by atoms with Crippen molar-refractivity contribution in [1.29, 1.82) is 0 Å². The molecule has 0 saturated carbocycles. The van der Waals surface area contributed by atoms with Gasteiger partial charge in [-0.15, -0.1) is 0 Å². The summed E-state index contributed by atoms with van der Waals surface area (Å²) in [5, 5.41) is 4.21. The Hall–Kier alpha value is -1.25. The number of halogens is 1. The fraction of sp³-hybridized carbons (Fsp3) is 0.200. The number of rotatable bonds is 4. The Bertz CT molecular complexity index is 353. The number of allylic oxidation sites excluding steroid dienone is 1. The van der Waals surface area contributed by atoms with Gasteiger partial charge in [0.2, 0.25) is 0 Å². The Morgan fingerprint density at radius 2 is 2.29 bits per heavy atom. The van der Waals surface area contributed by atoms with Crippen molar-refractivity contribution in [3.63, 3.8) is 0 Å². The van der Waals surface area contributed by atoms with E-state index in [1.54, 1.807) is 0 Å². The van der Waals surface area contributed by atoms with Gasteiger partial charge >= 0.3 is 0 Å². The second kappa shape index (κ2) is 6.24. The number of nitrogens with zero attached hydrogens (tertiary/aromatic N) is 3. The van der Waals surface area contributed by atoms with Crippen molar-refractivity contribution in [2.24, 2.45) is 5.11 Å². The molecule has 4 heteroatoms. The van der Waals surface area contributed by atoms with Crippen molar-refractivity contribution >= 4 is 21.5 Å². The van der Waals surface area contributed by atoms with Crippen LogP contribution >= 0.6 is 15.9 Å². The molecular formula is C10H9BrN3. The molecule has 0 aliphatic rings. The topological polar surface area (TPSA) is 48.8 Å². The summed E-state index contributed by atoms with van der Waals surface area (Å²) < 4.78 is 0. The lowest BCUT2D eigenvalue weighted by molar-refractivity contribution is 1.21. The fourth-order valence-electron chi connectivity index (χ4n) is 1.04. The van der Waals surface area contributed by atoms with Crippen molar-refractivity contribution in [2.45, 2.75) is 0 Å². The van der Waals surface area contributed by atoms with Crippen molar-refractivity contribution in [1.82, 2.24) is 0 Å². The highest BCUT2D eigenvalue weighted by atomic mass is 79.9. The molecule has 0 spiro atoms. The van der Waals surface area contributed by atoms with Crippen LogP contribution in [0.4, 0.5) is 0 Å². The zero-order valence-corrected chi connectivity index (χ0v) is 9.11. The number of hydrogen-bond donors (Lipinski definition) is 0. The smallest absolute Gasteiger partial charge is 0.0446 e. The standard InChI is InChI=1S/C10H9BrN3/c11-8-10(6-7-13-14-12)9-4-2-1-3-5-9/h2-6H,7-8H2/b10-6+. The molecule has 0 aliphatic heterocycles. The highest BCUT2D eigenvalue weighted by Crippen LogP contribution is 2.15. The third-order valence-corrected chi connectivity index (χ3v) is 2.32. The minimum absolute atomic E-state index is 0.385. The highest BCUT2D eigenvalue weighted by molar-refractivity contribution is 9.09. The SMILES string of the molecule is [N-]=[N+]=NC/C=C(\CBr)c1cc[c]cc1. The lowest BCUT2D eigenvalue weighted by Gasteiger charge is -2.02. The van der Waals surface area contributed by atoms with Gasteiger partial charge in [0, 0.05) is 16.8 Å². The summed E-state index contributed by atoms with van der Waals surface area (Å²) in [5.74, 6) is 0. The highest BCUT2D eigenvalue weighted by Gasteiger charge is 1.97. The van der Waals surface area contributed by atoms with Crippen molar-refractivity contribution < 1.29 is 0 Å². The van der Waals surface area contributed by atoms with Gasteiger partial charge in [-0.3, -0.25) is 0 Å². The molecule has 0 atom stereocenters. The summed E-state index contributed by atoms with van der Waals surface area (Å²) in [5.41, 5.74) is 10.4. The molecule has 0 fully saturated rings. The van der Waals surface area contributed by atoms with Crippen LogP contribution in [0.2, 0.25) is 0 Å². The van der Waals surface area contributed by atoms with Gasteiger partial charge in [0.25, 0.3) is 0 Å². The summed E-state index contributed by atoms with van der Waals surface area (Å²) in [4.78, 5) is 2.69. The Kier molecular flexibility index (Phi) is 4.83. The van der Waals surface area contributed by atoms with Gasteiger partial charge in [0.1, 0.15) is 0 Å². The van der Waals surface area contributed by atoms with Gasteiger partial charge in [-0.2, -0.15) is 0 Å². The fourth-order valence-corrected chi connectivity index (χ4v) is 1.59. The zero-order valence-electron chi connectivity index (χ0n) is 7.52. The minimum atomic E-state index is 0.385. The molecule has 0 heterocycles. The van der Waals surface area contributed by atoms with E-state index < -0.39 is 0 Å². The van der Waals surface area contributed by atoms with E-state index >= 15 is 0 Å². The van der Waals surface area contributed by atoms with E-state index in [-0.39, 0.29) is 0 Å². The Labute approximate surface area is 91.2 Å². The molecule has 0 amide bonds. The summed E-state index contributed by atoms with van der Waals surface area (Å²) in [6, 6.07) is 10.6. The van der Waals surface area contributed by atoms with Crippen LogP contribution in [-0.2, 0) is 0 Å². The second-order valence-electron chi connectivity index (χ2n) is 2.57. The number of alkyl halides is 1. The largest absolute Gasteiger partial charge is 0.0899 e. The number of benzene rings is 1. The van der Waals surface area contributed by atoms with Crippen LogP contribution in [0.3, 0.4) is 0 Å². The minimum Gasteiger partial charge on any atom is -0.0899 e. The molecule has 1 aromatic carbocycles. The molecular weight excluding hydrogens is 242 g/mol. The van der Waals surface area contributed by atoms with Gasteiger partial charge < -0.3 is 0 Å². The molecule has 0 unspecified atom stereocenters. The summed E-state index contributed by atoms with van der Waals surface area (Å²) in [6.07, 6.45) is 1.91. The predicted octanol–water partition coefficient (Wildman–Crippen LogP) is 3.58. The zero-order chi connectivity index (χ0) is 10.2. The molecule has 71 valence electrons. The van der Waals surface area contributed by atoms with E-state index in [2.05, 4.69) is 32.0 Å². The van der Waals surface area contributed by atoms with Crippen LogP contribution in [0.5, 0.6) is 0 Å². The Morgan fingerprint density at radius 1 is 1.57 bits per heavy atom. The molecule has 3 nitrogen and oxygen atoms in total. The van der Waals surface area contributed by atoms with Crippen LogP contribution in [-0.4, -0.2) is 11.9 Å². The predicted molar refractivity (Wildman–Crippen MR) is 61.1 cm³/mol. The molecule has 0 bridgehead atoms. The van der Waals surface area contributed by atoms with Gasteiger partial charge in [-0.05, 0) is 22.7 Å². The lowest BCUT2D eigenvalue weighted by atomic mass is 10.1. The van der Waals surface area contributed by atoms with Gasteiger partial charge in [0.05, 0.1) is 0 Å². The number of hydrogen-bond acceptors (Lipinski definition) is 1. The van der Waals surface area contributed by atoms with E-state index in [0.29, 0.717) is 6.54 Å². The van der Waals surface area contributed by atoms with Gasteiger partial charge in [-0.1, -0.05) is 51.4 Å². The molecule has 0 N–H and O–H groups in total. The molecule has 1 aromatic rings. The average Bonchev–Trinajstić information content (AvgIpc) is 2.26. The van der Waals surface area contributed by atoms with Crippen LogP contribution in [0, 0.1) is 6.07 Å². The van der Waals surface area contributed by atoms with E-state index in [9.17, 15) is 0 Å². The first-order valence-electron chi connectivity index (χ1n) is 4.11. The average molecular weight is 251 g/mol. The molecule has 0 aromatic heterocycles. The van der Waals surface area contributed by atoms with Crippen LogP contribution in [0.25, 0.3) is 16.0 Å². The summed E-state index contributed by atoms with van der Waals surface area (Å²) in [6.45, 7) is 0.385. The Morgan fingerprint density at radius 3 is 2.86 bits per heavy atom. The molecule has 14 heavy (non-hydrogen) atoms. The van der Waals surface area contributed by atoms with E-state index in [1.807, 2.05) is 30.3 Å². The third-order valence-electron chi connectivity index (χ3n) is 1.72. The van der Waals surface area contributed by atoms with E-state index in [1.165, 1.54) is 0 Å². The number of azide groups is 1. The molecule has 1 rings (SSSR count). The van der Waals surface area contributed by atoms with Gasteiger partial charge in [-0.25, -0.2) is 0 Å². The molecule has 1 radical (unpaired) electrons. The summed E-state index contributed by atoms with van der Waals surface area (Å²) in [7, 11) is 0. The van der Waals surface area contributed by atoms with Crippen LogP contribution < -0.4 is 0 Å². The van der Waals surface area contributed by atoms with E-state index in [4.69, 9.17) is 5.53 Å². The Balaban J connectivity index is 2.81. The maximum atomic E-state index is 8.13. The maximum Gasteiger partial charge on any atom is 0.0446 e. The normalized spacial score (nSPS) is 10.8. The quantitative estimate of drug-likeness (QED) is 0.340. The first-order valence-corrected chi connectivity index (χ1v) is 5.23. The first-order chi connectivity index (χ1) is 6.88. The maximum absolute atomic E-state index is 8.13.